The molecule has 0 saturated carbocycles. The molecule has 1 fully saturated rings. The second-order valence-corrected chi connectivity index (χ2v) is 10.4. The van der Waals surface area contributed by atoms with Crippen LogP contribution in [0.4, 0.5) is 10.1 Å². The molecule has 3 heterocycles. The predicted molar refractivity (Wildman–Crippen MR) is 157 cm³/mol. The number of pyridine rings is 1. The van der Waals surface area contributed by atoms with E-state index in [-0.39, 0.29) is 30.1 Å². The third-order valence-corrected chi connectivity index (χ3v) is 7.88. The Morgan fingerprint density at radius 3 is 2.56 bits per heavy atom. The Morgan fingerprint density at radius 1 is 1.05 bits per heavy atom. The van der Waals surface area contributed by atoms with Gasteiger partial charge in [-0.1, -0.05) is 30.3 Å². The van der Waals surface area contributed by atoms with Crippen molar-refractivity contribution in [3.63, 3.8) is 0 Å². The zero-order valence-electron chi connectivity index (χ0n) is 22.5. The highest BCUT2D eigenvalue weighted by atomic mass is 32.1. The van der Waals surface area contributed by atoms with Crippen LogP contribution in [0.5, 0.6) is 0 Å². The third kappa shape index (κ3) is 5.16. The number of rotatable bonds is 7. The number of hydrogen-bond acceptors (Lipinski definition) is 3. The van der Waals surface area contributed by atoms with Gasteiger partial charge in [-0.15, -0.1) is 0 Å². The van der Waals surface area contributed by atoms with E-state index in [0.717, 1.165) is 28.3 Å². The Labute approximate surface area is 233 Å². The van der Waals surface area contributed by atoms with Crippen LogP contribution in [0.2, 0.25) is 0 Å². The Kier molecular flexibility index (Phi) is 7.48. The maximum Gasteiger partial charge on any atom is 0.226 e. The first-order chi connectivity index (χ1) is 18.8. The van der Waals surface area contributed by atoms with E-state index in [2.05, 4.69) is 77.0 Å². The zero-order chi connectivity index (χ0) is 27.7. The van der Waals surface area contributed by atoms with Crippen LogP contribution in [0, 0.1) is 33.5 Å². The van der Waals surface area contributed by atoms with Gasteiger partial charge in [-0.2, -0.15) is 0 Å². The summed E-state index contributed by atoms with van der Waals surface area (Å²) in [5.41, 5.74) is 8.00. The van der Waals surface area contributed by atoms with Crippen molar-refractivity contribution in [2.45, 2.75) is 46.2 Å². The number of nitrogens with zero attached hydrogens (tertiary/aromatic N) is 3. The molecule has 1 aliphatic rings. The molecule has 0 aliphatic carbocycles. The van der Waals surface area contributed by atoms with Gasteiger partial charge >= 0.3 is 0 Å². The summed E-state index contributed by atoms with van der Waals surface area (Å²) >= 11 is 5.80. The van der Waals surface area contributed by atoms with Gasteiger partial charge in [0.25, 0.3) is 0 Å². The lowest BCUT2D eigenvalue weighted by Crippen LogP contribution is -2.33. The second-order valence-electron chi connectivity index (χ2n) is 9.98. The van der Waals surface area contributed by atoms with Gasteiger partial charge in [0.2, 0.25) is 5.91 Å². The molecule has 0 unspecified atom stereocenters. The van der Waals surface area contributed by atoms with Gasteiger partial charge in [-0.05, 0) is 93.0 Å². The Bertz CT molecular complexity index is 1530. The van der Waals surface area contributed by atoms with Crippen LogP contribution in [0.1, 0.15) is 52.3 Å². The highest BCUT2D eigenvalue weighted by Crippen LogP contribution is 2.41. The summed E-state index contributed by atoms with van der Waals surface area (Å²) in [6.07, 6.45) is 1.93. The summed E-state index contributed by atoms with van der Waals surface area (Å²) < 4.78 is 16.4. The van der Waals surface area contributed by atoms with Crippen molar-refractivity contribution in [2.75, 3.05) is 11.9 Å². The monoisotopic (exact) mass is 541 g/mol. The summed E-state index contributed by atoms with van der Waals surface area (Å²) in [4.78, 5) is 19.5. The molecule has 1 amide bonds. The lowest BCUT2D eigenvalue weighted by atomic mass is 9.96. The molecule has 1 saturated heterocycles. The molecule has 0 spiro atoms. The van der Waals surface area contributed by atoms with Crippen LogP contribution >= 0.6 is 12.2 Å². The number of hydrogen-bond donors (Lipinski definition) is 2. The lowest BCUT2D eigenvalue weighted by molar-refractivity contribution is -0.116. The Balaban J connectivity index is 1.50. The van der Waals surface area contributed by atoms with Crippen LogP contribution in [-0.4, -0.2) is 32.0 Å². The number of halogens is 1. The van der Waals surface area contributed by atoms with E-state index in [1.807, 2.05) is 18.2 Å². The normalized spacial score (nSPS) is 16.8. The fraction of sp³-hybridized carbons (Fsp3) is 0.258. The predicted octanol–water partition coefficient (Wildman–Crippen LogP) is 6.25. The second kappa shape index (κ2) is 11.0. The van der Waals surface area contributed by atoms with E-state index in [1.165, 1.54) is 17.2 Å². The SMILES string of the molecule is Cc1cccc(-n2c(C)cc([C@@H]3[C@H](c4ccccn4)NC(=S)N3CCC(=O)Nc3ccccc3F)c2C)c1C. The van der Waals surface area contributed by atoms with Crippen LogP contribution in [0.15, 0.2) is 72.9 Å². The van der Waals surface area contributed by atoms with Crippen LogP contribution < -0.4 is 10.6 Å². The molecule has 2 N–H and O–H groups in total. The first kappa shape index (κ1) is 26.6. The molecule has 200 valence electrons. The molecule has 39 heavy (non-hydrogen) atoms. The van der Waals surface area contributed by atoms with Gasteiger partial charge in [-0.25, -0.2) is 4.39 Å². The first-order valence-corrected chi connectivity index (χ1v) is 13.4. The molecule has 5 rings (SSSR count). The van der Waals surface area contributed by atoms with E-state index in [1.54, 1.807) is 24.4 Å². The van der Waals surface area contributed by atoms with Crippen LogP contribution in [-0.2, 0) is 4.79 Å². The smallest absolute Gasteiger partial charge is 0.226 e. The van der Waals surface area contributed by atoms with Crippen molar-refractivity contribution in [2.24, 2.45) is 0 Å². The highest BCUT2D eigenvalue weighted by molar-refractivity contribution is 7.80. The van der Waals surface area contributed by atoms with Gasteiger partial charge in [0.15, 0.2) is 5.11 Å². The van der Waals surface area contributed by atoms with Crippen molar-refractivity contribution < 1.29 is 9.18 Å². The van der Waals surface area contributed by atoms with Crippen molar-refractivity contribution >= 4 is 28.9 Å². The average Bonchev–Trinajstić information content (AvgIpc) is 3.40. The summed E-state index contributed by atoms with van der Waals surface area (Å²) in [6.45, 7) is 8.88. The molecule has 2 atom stereocenters. The standard InChI is InChI=1S/C31H32FN5OS/c1-19-10-9-14-27(21(19)3)37-20(2)18-23(22(37)4)30-29(26-13-7-8-16-33-26)35-31(39)36(30)17-15-28(38)34-25-12-6-5-11-24(25)32/h5-14,16,18,29-30H,15,17H2,1-4H3,(H,34,38)(H,35,39)/t29-,30+/m0/s1. The molecular formula is C31H32FN5OS. The van der Waals surface area contributed by atoms with Crippen molar-refractivity contribution in [1.82, 2.24) is 19.8 Å². The van der Waals surface area contributed by atoms with Gasteiger partial charge in [-0.3, -0.25) is 9.78 Å². The van der Waals surface area contributed by atoms with E-state index in [9.17, 15) is 9.18 Å². The molecule has 0 bridgehead atoms. The molecule has 2 aromatic heterocycles. The first-order valence-electron chi connectivity index (χ1n) is 13.0. The minimum absolute atomic E-state index is 0.150. The van der Waals surface area contributed by atoms with E-state index in [0.29, 0.717) is 11.7 Å². The average molecular weight is 542 g/mol. The molecule has 2 aromatic carbocycles. The number of carbonyl (C=O) groups excluding carboxylic acids is 1. The molecule has 0 radical (unpaired) electrons. The minimum atomic E-state index is -0.462. The fourth-order valence-corrected chi connectivity index (χ4v) is 5.75. The van der Waals surface area contributed by atoms with Gasteiger partial charge in [0.1, 0.15) is 5.82 Å². The maximum atomic E-state index is 14.1. The molecule has 4 aromatic rings. The molecular weight excluding hydrogens is 509 g/mol. The summed E-state index contributed by atoms with van der Waals surface area (Å²) in [5, 5.41) is 6.71. The van der Waals surface area contributed by atoms with Gasteiger partial charge in [0, 0.05) is 36.2 Å². The van der Waals surface area contributed by atoms with Crippen molar-refractivity contribution in [3.8, 4) is 5.69 Å². The quantitative estimate of drug-likeness (QED) is 0.271. The Hall–Kier alpha value is -4.04. The number of thiocarbonyl (C=S) groups is 1. The molecule has 6 nitrogen and oxygen atoms in total. The topological polar surface area (TPSA) is 62.2 Å². The van der Waals surface area contributed by atoms with E-state index < -0.39 is 5.82 Å². The number of nitrogens with one attached hydrogen (secondary N) is 2. The van der Waals surface area contributed by atoms with Crippen LogP contribution in [0.25, 0.3) is 5.69 Å². The number of carbonyl (C=O) groups is 1. The molecule has 8 heteroatoms. The van der Waals surface area contributed by atoms with Gasteiger partial charge in [0.05, 0.1) is 23.5 Å². The highest BCUT2D eigenvalue weighted by Gasteiger charge is 2.41. The largest absolute Gasteiger partial charge is 0.352 e. The third-order valence-electron chi connectivity index (χ3n) is 7.53. The van der Waals surface area contributed by atoms with E-state index in [4.69, 9.17) is 12.2 Å². The number of aryl methyl sites for hydroxylation is 2. The lowest BCUT2D eigenvalue weighted by Gasteiger charge is -2.28. The maximum absolute atomic E-state index is 14.1. The summed E-state index contributed by atoms with van der Waals surface area (Å²) in [5.74, 6) is -0.736. The molecule has 1 aliphatic heterocycles. The van der Waals surface area contributed by atoms with Crippen molar-refractivity contribution in [1.29, 1.82) is 0 Å². The van der Waals surface area contributed by atoms with E-state index >= 15 is 0 Å². The zero-order valence-corrected chi connectivity index (χ0v) is 23.3. The Morgan fingerprint density at radius 2 is 1.82 bits per heavy atom. The van der Waals surface area contributed by atoms with Crippen molar-refractivity contribution in [3.05, 3.63) is 113 Å². The number of benzene rings is 2. The number of para-hydroxylation sites is 1. The summed E-state index contributed by atoms with van der Waals surface area (Å²) in [7, 11) is 0. The number of anilines is 1. The minimum Gasteiger partial charge on any atom is -0.352 e. The summed E-state index contributed by atoms with van der Waals surface area (Å²) in [6, 6.07) is 20.2. The van der Waals surface area contributed by atoms with Gasteiger partial charge < -0.3 is 20.1 Å². The number of aromatic nitrogens is 2. The fourth-order valence-electron chi connectivity index (χ4n) is 5.42. The number of amides is 1. The van der Waals surface area contributed by atoms with Crippen LogP contribution in [0.3, 0.4) is 0 Å².